The zero-order valence-corrected chi connectivity index (χ0v) is 12.8. The van der Waals surface area contributed by atoms with Crippen LogP contribution in [-0.2, 0) is 6.54 Å². The van der Waals surface area contributed by atoms with E-state index < -0.39 is 0 Å². The van der Waals surface area contributed by atoms with Crippen LogP contribution < -0.4 is 16.4 Å². The van der Waals surface area contributed by atoms with Crippen LogP contribution >= 0.6 is 11.3 Å². The minimum Gasteiger partial charge on any atom is -0.382 e. The summed E-state index contributed by atoms with van der Waals surface area (Å²) in [6, 6.07) is 3.56. The molecule has 7 nitrogen and oxygen atoms in total. The van der Waals surface area contributed by atoms with Crippen molar-refractivity contribution in [2.24, 2.45) is 5.92 Å². The van der Waals surface area contributed by atoms with Crippen molar-refractivity contribution in [2.45, 2.75) is 20.4 Å². The lowest BCUT2D eigenvalue weighted by atomic mass is 10.2. The molecule has 0 bridgehead atoms. The summed E-state index contributed by atoms with van der Waals surface area (Å²) in [5.74, 6) is 0.472. The Bertz CT molecular complexity index is 598. The molecule has 2 heterocycles. The molecule has 0 spiro atoms. The van der Waals surface area contributed by atoms with Crippen molar-refractivity contribution in [1.29, 1.82) is 0 Å². The number of carbonyl (C=O) groups is 1. The van der Waals surface area contributed by atoms with Crippen molar-refractivity contribution in [3.63, 3.8) is 0 Å². The van der Waals surface area contributed by atoms with Gasteiger partial charge in [0, 0.05) is 12.7 Å². The molecule has 0 aromatic carbocycles. The van der Waals surface area contributed by atoms with E-state index in [1.165, 1.54) is 11.3 Å². The summed E-state index contributed by atoms with van der Waals surface area (Å²) in [5, 5.41) is 14.2. The number of aromatic nitrogens is 3. The van der Waals surface area contributed by atoms with Crippen molar-refractivity contribution in [3.05, 3.63) is 28.9 Å². The third-order valence-corrected chi connectivity index (χ3v) is 3.61. The average Bonchev–Trinajstić information content (AvgIpc) is 2.85. The second-order valence-electron chi connectivity index (χ2n) is 4.91. The van der Waals surface area contributed by atoms with Crippen LogP contribution in [0.25, 0.3) is 0 Å². The Morgan fingerprint density at radius 3 is 2.95 bits per heavy atom. The van der Waals surface area contributed by atoms with Gasteiger partial charge >= 0.3 is 0 Å². The predicted octanol–water partition coefficient (Wildman–Crippen LogP) is 1.51. The molecule has 8 heteroatoms. The fourth-order valence-electron chi connectivity index (χ4n) is 1.54. The van der Waals surface area contributed by atoms with E-state index in [1.54, 1.807) is 18.3 Å². The zero-order chi connectivity index (χ0) is 15.2. The summed E-state index contributed by atoms with van der Waals surface area (Å²) in [6.45, 7) is 5.28. The van der Waals surface area contributed by atoms with Crippen LogP contribution in [0.4, 0.5) is 10.9 Å². The molecule has 0 radical (unpaired) electrons. The van der Waals surface area contributed by atoms with Crippen molar-refractivity contribution in [2.75, 3.05) is 17.6 Å². The van der Waals surface area contributed by atoms with Gasteiger partial charge in [-0.05, 0) is 18.1 Å². The van der Waals surface area contributed by atoms with Crippen LogP contribution in [0.2, 0.25) is 0 Å². The van der Waals surface area contributed by atoms with Crippen LogP contribution in [-0.4, -0.2) is 27.6 Å². The van der Waals surface area contributed by atoms with E-state index >= 15 is 0 Å². The van der Waals surface area contributed by atoms with Crippen molar-refractivity contribution in [1.82, 2.24) is 20.5 Å². The Hall–Kier alpha value is -2.22. The summed E-state index contributed by atoms with van der Waals surface area (Å²) >= 11 is 1.25. The number of hydrogen-bond acceptors (Lipinski definition) is 7. The van der Waals surface area contributed by atoms with Gasteiger partial charge in [0.25, 0.3) is 5.91 Å². The van der Waals surface area contributed by atoms with Gasteiger partial charge in [-0.1, -0.05) is 25.2 Å². The van der Waals surface area contributed by atoms with E-state index in [9.17, 15) is 4.79 Å². The van der Waals surface area contributed by atoms with Gasteiger partial charge in [-0.25, -0.2) is 4.98 Å². The van der Waals surface area contributed by atoms with E-state index in [1.807, 2.05) is 0 Å². The summed E-state index contributed by atoms with van der Waals surface area (Å²) in [4.78, 5) is 16.7. The fraction of sp³-hybridized carbons (Fsp3) is 0.385. The Kier molecular flexibility index (Phi) is 5.04. The molecule has 0 aliphatic rings. The molecule has 2 aromatic heterocycles. The molecule has 2 rings (SSSR count). The molecule has 1 amide bonds. The SMILES string of the molecule is CC(C)CNc1nc(N)c(C(=O)NCc2cccnn2)s1. The highest BCUT2D eigenvalue weighted by Gasteiger charge is 2.16. The maximum Gasteiger partial charge on any atom is 0.265 e. The van der Waals surface area contributed by atoms with E-state index in [2.05, 4.69) is 39.7 Å². The number of thiazole rings is 1. The monoisotopic (exact) mass is 306 g/mol. The number of carbonyl (C=O) groups excluding carboxylic acids is 1. The standard InChI is InChI=1S/C13H18N6OS/c1-8(2)6-16-13-18-11(14)10(21-13)12(20)15-7-9-4-3-5-17-19-9/h3-5,8H,6-7,14H2,1-2H3,(H,15,20)(H,16,18). The first-order valence-electron chi connectivity index (χ1n) is 6.61. The highest BCUT2D eigenvalue weighted by Crippen LogP contribution is 2.25. The van der Waals surface area contributed by atoms with E-state index in [-0.39, 0.29) is 11.7 Å². The molecule has 0 saturated carbocycles. The minimum atomic E-state index is -0.256. The van der Waals surface area contributed by atoms with E-state index in [0.717, 1.165) is 6.54 Å². The molecule has 0 atom stereocenters. The lowest BCUT2D eigenvalue weighted by Gasteiger charge is -2.04. The van der Waals surface area contributed by atoms with Crippen LogP contribution in [0.5, 0.6) is 0 Å². The molecular formula is C13H18N6OS. The summed E-state index contributed by atoms with van der Waals surface area (Å²) in [6.07, 6.45) is 1.58. The van der Waals surface area contributed by atoms with Gasteiger partial charge in [-0.3, -0.25) is 4.79 Å². The molecule has 0 saturated heterocycles. The second kappa shape index (κ2) is 6.98. The van der Waals surface area contributed by atoms with Crippen molar-refractivity contribution in [3.8, 4) is 0 Å². The lowest BCUT2D eigenvalue weighted by molar-refractivity contribution is 0.0955. The smallest absolute Gasteiger partial charge is 0.265 e. The number of nitrogens with two attached hydrogens (primary N) is 1. The Morgan fingerprint density at radius 2 is 2.29 bits per heavy atom. The molecule has 21 heavy (non-hydrogen) atoms. The van der Waals surface area contributed by atoms with Gasteiger partial charge in [0.05, 0.1) is 12.2 Å². The number of anilines is 2. The second-order valence-corrected chi connectivity index (χ2v) is 5.90. The zero-order valence-electron chi connectivity index (χ0n) is 12.0. The Labute approximate surface area is 127 Å². The van der Waals surface area contributed by atoms with Crippen LogP contribution in [0.3, 0.4) is 0 Å². The number of rotatable bonds is 6. The molecule has 4 N–H and O–H groups in total. The Morgan fingerprint density at radius 1 is 1.48 bits per heavy atom. The number of nitrogens with zero attached hydrogens (tertiary/aromatic N) is 3. The highest BCUT2D eigenvalue weighted by molar-refractivity contribution is 7.18. The third kappa shape index (κ3) is 4.38. The quantitative estimate of drug-likeness (QED) is 0.747. The molecule has 2 aromatic rings. The predicted molar refractivity (Wildman–Crippen MR) is 83.1 cm³/mol. The first-order valence-corrected chi connectivity index (χ1v) is 7.43. The highest BCUT2D eigenvalue weighted by atomic mass is 32.1. The van der Waals surface area contributed by atoms with Crippen LogP contribution in [0, 0.1) is 5.92 Å². The molecule has 0 unspecified atom stereocenters. The first-order chi connectivity index (χ1) is 10.1. The Balaban J connectivity index is 1.96. The van der Waals surface area contributed by atoms with Crippen LogP contribution in [0.15, 0.2) is 18.3 Å². The normalized spacial score (nSPS) is 10.6. The maximum atomic E-state index is 12.1. The largest absolute Gasteiger partial charge is 0.382 e. The fourth-order valence-corrected chi connectivity index (χ4v) is 2.35. The first kappa shape index (κ1) is 15.2. The molecule has 0 aliphatic heterocycles. The maximum absolute atomic E-state index is 12.1. The van der Waals surface area contributed by atoms with Gasteiger partial charge in [-0.2, -0.15) is 10.2 Å². The van der Waals surface area contributed by atoms with Gasteiger partial charge in [0.15, 0.2) is 5.13 Å². The number of nitrogens with one attached hydrogen (secondary N) is 2. The third-order valence-electron chi connectivity index (χ3n) is 2.58. The number of hydrogen-bond donors (Lipinski definition) is 3. The molecule has 0 fully saturated rings. The minimum absolute atomic E-state index is 0.239. The van der Waals surface area contributed by atoms with Gasteiger partial charge in [-0.15, -0.1) is 0 Å². The molecule has 112 valence electrons. The van der Waals surface area contributed by atoms with Crippen molar-refractivity contribution >= 4 is 28.2 Å². The van der Waals surface area contributed by atoms with Gasteiger partial charge < -0.3 is 16.4 Å². The number of nitrogen functional groups attached to an aromatic ring is 1. The van der Waals surface area contributed by atoms with Gasteiger partial charge in [0.1, 0.15) is 10.7 Å². The van der Waals surface area contributed by atoms with Crippen molar-refractivity contribution < 1.29 is 4.79 Å². The van der Waals surface area contributed by atoms with E-state index in [0.29, 0.717) is 28.2 Å². The molecule has 0 aliphatic carbocycles. The van der Waals surface area contributed by atoms with Crippen LogP contribution in [0.1, 0.15) is 29.2 Å². The van der Waals surface area contributed by atoms with Gasteiger partial charge in [0.2, 0.25) is 0 Å². The van der Waals surface area contributed by atoms with E-state index in [4.69, 9.17) is 5.73 Å². The lowest BCUT2D eigenvalue weighted by Crippen LogP contribution is -2.23. The average molecular weight is 306 g/mol. The summed E-state index contributed by atoms with van der Waals surface area (Å²) in [5.41, 5.74) is 6.48. The summed E-state index contributed by atoms with van der Waals surface area (Å²) in [7, 11) is 0. The molecular weight excluding hydrogens is 288 g/mol. The summed E-state index contributed by atoms with van der Waals surface area (Å²) < 4.78 is 0. The topological polar surface area (TPSA) is 106 Å². The number of amides is 1.